The molecule has 108 valence electrons. The highest BCUT2D eigenvalue weighted by molar-refractivity contribution is 14.1. The summed E-state index contributed by atoms with van der Waals surface area (Å²) in [4.78, 5) is 4.62. The van der Waals surface area contributed by atoms with Gasteiger partial charge in [0, 0.05) is 31.5 Å². The Morgan fingerprint density at radius 2 is 2.25 bits per heavy atom. The molecule has 0 spiro atoms. The lowest BCUT2D eigenvalue weighted by atomic mass is 9.88. The van der Waals surface area contributed by atoms with E-state index in [1.54, 1.807) is 19.2 Å². The zero-order valence-electron chi connectivity index (χ0n) is 11.1. The summed E-state index contributed by atoms with van der Waals surface area (Å²) in [6.45, 7) is 0. The molecule has 0 N–H and O–H groups in total. The van der Waals surface area contributed by atoms with Crippen molar-refractivity contribution in [1.82, 2.24) is 9.55 Å². The molecule has 0 aliphatic heterocycles. The summed E-state index contributed by atoms with van der Waals surface area (Å²) < 4.78 is 21.9. The quantitative estimate of drug-likeness (QED) is 0.566. The fraction of sp³-hybridized carbons (Fsp3) is 0.500. The number of ether oxygens (including phenoxy) is 1. The van der Waals surface area contributed by atoms with Crippen molar-refractivity contribution in [3.63, 3.8) is 0 Å². The van der Waals surface area contributed by atoms with Crippen LogP contribution in [-0.2, 0) is 11.2 Å². The second-order valence-corrected chi connectivity index (χ2v) is 6.62. The van der Waals surface area contributed by atoms with Gasteiger partial charge in [0.25, 0.3) is 0 Å². The molecule has 2 aromatic rings. The molecule has 1 heterocycles. The number of rotatable bonds is 4. The Morgan fingerprint density at radius 3 is 2.90 bits per heavy atom. The van der Waals surface area contributed by atoms with Crippen LogP contribution in [-0.4, -0.2) is 28.6 Å². The maximum Gasteiger partial charge on any atom is 0.138 e. The maximum absolute atomic E-state index is 13.9. The lowest BCUT2D eigenvalue weighted by Gasteiger charge is -2.36. The Hall–Kier alpha value is -0.400. The van der Waals surface area contributed by atoms with Gasteiger partial charge in [0.2, 0.25) is 0 Å². The number of imidazole rings is 1. The lowest BCUT2D eigenvalue weighted by Crippen LogP contribution is -2.33. The van der Waals surface area contributed by atoms with Gasteiger partial charge in [0.05, 0.1) is 20.7 Å². The molecule has 0 amide bonds. The topological polar surface area (TPSA) is 27.1 Å². The number of benzene rings is 1. The number of methoxy groups -OCH3 is 1. The first kappa shape index (κ1) is 14.5. The summed E-state index contributed by atoms with van der Waals surface area (Å²) in [5, 5.41) is 0. The van der Waals surface area contributed by atoms with Crippen LogP contribution in [0, 0.1) is 9.39 Å². The Morgan fingerprint density at radius 1 is 1.50 bits per heavy atom. The van der Waals surface area contributed by atoms with E-state index in [1.807, 2.05) is 22.6 Å². The van der Waals surface area contributed by atoms with Gasteiger partial charge in [0.1, 0.15) is 11.6 Å². The third-order valence-corrected chi connectivity index (χ3v) is 4.91. The predicted octanol–water partition coefficient (Wildman–Crippen LogP) is 3.91. The molecule has 3 nitrogen and oxygen atoms in total. The van der Waals surface area contributed by atoms with Crippen molar-refractivity contribution in [3.05, 3.63) is 27.3 Å². The van der Waals surface area contributed by atoms with Gasteiger partial charge in [-0.25, -0.2) is 9.37 Å². The van der Waals surface area contributed by atoms with E-state index >= 15 is 0 Å². The first-order valence-electron chi connectivity index (χ1n) is 6.58. The highest BCUT2D eigenvalue weighted by Gasteiger charge is 2.33. The number of fused-ring (bicyclic) bond motifs is 1. The minimum Gasteiger partial charge on any atom is -0.381 e. The van der Waals surface area contributed by atoms with Crippen molar-refractivity contribution in [1.29, 1.82) is 0 Å². The van der Waals surface area contributed by atoms with E-state index in [1.165, 1.54) is 0 Å². The minimum atomic E-state index is -0.195. The van der Waals surface area contributed by atoms with E-state index in [9.17, 15) is 4.39 Å². The van der Waals surface area contributed by atoms with Crippen LogP contribution < -0.4 is 0 Å². The monoisotopic (exact) mass is 408 g/mol. The van der Waals surface area contributed by atoms with Crippen molar-refractivity contribution >= 4 is 45.2 Å². The average Bonchev–Trinajstić information content (AvgIpc) is 2.68. The second-order valence-electron chi connectivity index (χ2n) is 5.07. The molecule has 1 saturated carbocycles. The zero-order chi connectivity index (χ0) is 14.3. The van der Waals surface area contributed by atoms with Crippen molar-refractivity contribution in [2.24, 2.45) is 0 Å². The van der Waals surface area contributed by atoms with E-state index in [0.717, 1.165) is 29.7 Å². The van der Waals surface area contributed by atoms with E-state index in [4.69, 9.17) is 16.3 Å². The molecular weight excluding hydrogens is 394 g/mol. The Balaban J connectivity index is 2.07. The largest absolute Gasteiger partial charge is 0.381 e. The minimum absolute atomic E-state index is 0.195. The van der Waals surface area contributed by atoms with Gasteiger partial charge in [-0.2, -0.15) is 0 Å². The van der Waals surface area contributed by atoms with Gasteiger partial charge in [-0.3, -0.25) is 0 Å². The standard InChI is InChI=1S/C14H15ClFIN2O/c1-20-9-4-8(5-9)19-13-6-10(16)11(17)7-12(13)18-14(19)2-3-15/h6-9H,2-5H2,1H3. The Kier molecular flexibility index (Phi) is 4.19. The molecule has 0 radical (unpaired) electrons. The summed E-state index contributed by atoms with van der Waals surface area (Å²) in [6, 6.07) is 3.72. The molecule has 6 heteroatoms. The highest BCUT2D eigenvalue weighted by atomic mass is 127. The molecule has 1 fully saturated rings. The fourth-order valence-electron chi connectivity index (χ4n) is 2.75. The van der Waals surface area contributed by atoms with E-state index < -0.39 is 0 Å². The number of hydrogen-bond donors (Lipinski definition) is 0. The van der Waals surface area contributed by atoms with E-state index in [0.29, 0.717) is 28.0 Å². The average molecular weight is 409 g/mol. The molecule has 1 aliphatic rings. The summed E-state index contributed by atoms with van der Waals surface area (Å²) in [6.07, 6.45) is 2.90. The van der Waals surface area contributed by atoms with Gasteiger partial charge in [-0.1, -0.05) is 0 Å². The van der Waals surface area contributed by atoms with Crippen molar-refractivity contribution in [2.75, 3.05) is 13.0 Å². The van der Waals surface area contributed by atoms with Crippen LogP contribution in [0.1, 0.15) is 24.7 Å². The molecule has 1 aromatic heterocycles. The summed E-state index contributed by atoms with van der Waals surface area (Å²) in [5.74, 6) is 1.26. The van der Waals surface area contributed by atoms with Gasteiger partial charge in [0.15, 0.2) is 0 Å². The van der Waals surface area contributed by atoms with Gasteiger partial charge in [-0.05, 0) is 41.5 Å². The van der Waals surface area contributed by atoms with Crippen LogP contribution in [0.3, 0.4) is 0 Å². The lowest BCUT2D eigenvalue weighted by molar-refractivity contribution is 0.00663. The predicted molar refractivity (Wildman–Crippen MR) is 85.9 cm³/mol. The van der Waals surface area contributed by atoms with Crippen LogP contribution in [0.15, 0.2) is 12.1 Å². The molecule has 3 rings (SSSR count). The van der Waals surface area contributed by atoms with E-state index in [-0.39, 0.29) is 5.82 Å². The van der Waals surface area contributed by atoms with Gasteiger partial charge >= 0.3 is 0 Å². The fourth-order valence-corrected chi connectivity index (χ4v) is 3.37. The first-order valence-corrected chi connectivity index (χ1v) is 8.20. The number of nitrogens with zero attached hydrogens (tertiary/aromatic N) is 2. The van der Waals surface area contributed by atoms with Crippen LogP contribution >= 0.6 is 34.2 Å². The molecule has 0 saturated heterocycles. The van der Waals surface area contributed by atoms with Crippen LogP contribution in [0.5, 0.6) is 0 Å². The van der Waals surface area contributed by atoms with E-state index in [2.05, 4.69) is 9.55 Å². The summed E-state index contributed by atoms with van der Waals surface area (Å²) in [7, 11) is 1.73. The third kappa shape index (κ3) is 2.44. The molecule has 0 unspecified atom stereocenters. The van der Waals surface area contributed by atoms with Crippen molar-refractivity contribution in [2.45, 2.75) is 31.4 Å². The third-order valence-electron chi connectivity index (χ3n) is 3.89. The van der Waals surface area contributed by atoms with Crippen molar-refractivity contribution < 1.29 is 9.13 Å². The van der Waals surface area contributed by atoms with Gasteiger partial charge in [-0.15, -0.1) is 11.6 Å². The number of halogens is 3. The SMILES string of the molecule is COC1CC(n2c(CCCl)nc3cc(I)c(F)cc32)C1. The summed E-state index contributed by atoms with van der Waals surface area (Å²) in [5.41, 5.74) is 1.71. The van der Waals surface area contributed by atoms with Crippen LogP contribution in [0.4, 0.5) is 4.39 Å². The zero-order valence-corrected chi connectivity index (χ0v) is 14.0. The maximum atomic E-state index is 13.9. The highest BCUT2D eigenvalue weighted by Crippen LogP contribution is 2.38. The second kappa shape index (κ2) is 5.77. The normalized spacial score (nSPS) is 22.2. The molecule has 20 heavy (non-hydrogen) atoms. The number of hydrogen-bond acceptors (Lipinski definition) is 2. The molecule has 0 bridgehead atoms. The number of alkyl halides is 1. The number of aryl methyl sites for hydroxylation is 1. The van der Waals surface area contributed by atoms with Gasteiger partial charge < -0.3 is 9.30 Å². The smallest absolute Gasteiger partial charge is 0.138 e. The Bertz CT molecular complexity index is 640. The molecule has 0 atom stereocenters. The van der Waals surface area contributed by atoms with Crippen molar-refractivity contribution in [3.8, 4) is 0 Å². The molecule has 1 aliphatic carbocycles. The first-order chi connectivity index (χ1) is 9.63. The molecule has 1 aromatic carbocycles. The number of aromatic nitrogens is 2. The molecular formula is C14H15ClFIN2O. The Labute approximate surface area is 135 Å². The summed E-state index contributed by atoms with van der Waals surface area (Å²) >= 11 is 7.86. The van der Waals surface area contributed by atoms with Crippen LogP contribution in [0.25, 0.3) is 11.0 Å². The van der Waals surface area contributed by atoms with Crippen LogP contribution in [0.2, 0.25) is 0 Å².